The molecule has 0 aliphatic carbocycles. The zero-order valence-corrected chi connectivity index (χ0v) is 17.4. The van der Waals surface area contributed by atoms with Crippen LogP contribution >= 0.6 is 7.82 Å². The van der Waals surface area contributed by atoms with Crippen molar-refractivity contribution < 1.29 is 33.2 Å². The van der Waals surface area contributed by atoms with Crippen LogP contribution in [0.3, 0.4) is 0 Å². The molecule has 0 bridgehead atoms. The lowest BCUT2D eigenvalue weighted by molar-refractivity contribution is -0.137. The van der Waals surface area contributed by atoms with Gasteiger partial charge in [-0.2, -0.15) is 0 Å². The van der Waals surface area contributed by atoms with Gasteiger partial charge < -0.3 is 20.6 Å². The summed E-state index contributed by atoms with van der Waals surface area (Å²) in [4.78, 5) is 32.9. The average molecular weight is 396 g/mol. The van der Waals surface area contributed by atoms with E-state index in [1.165, 1.54) is 13.8 Å². The summed E-state index contributed by atoms with van der Waals surface area (Å²) < 4.78 is 20.3. The molecule has 0 saturated heterocycles. The standard InChI is InChI=1S/C16H33N2O7P/c1-15(2,3)8-10-17-12(19)7-9-18-14(21)13(20)16(4,5)11-25-26(22,23)24-6/h13,20H,7-11H2,1-6H3,(H,17,19)(H,18,21)(H,22,23)/t13-/m0/s1. The average Bonchev–Trinajstić information content (AvgIpc) is 2.51. The molecule has 0 radical (unpaired) electrons. The molecular weight excluding hydrogens is 363 g/mol. The molecule has 4 N–H and O–H groups in total. The fourth-order valence-corrected chi connectivity index (χ4v) is 2.40. The molecule has 0 aromatic rings. The van der Waals surface area contributed by atoms with Gasteiger partial charge in [0.25, 0.3) is 0 Å². The lowest BCUT2D eigenvalue weighted by Crippen LogP contribution is -2.46. The Bertz CT molecular complexity index is 517. The lowest BCUT2D eigenvalue weighted by Gasteiger charge is -2.29. The van der Waals surface area contributed by atoms with Crippen molar-refractivity contribution in [2.45, 2.75) is 53.6 Å². The van der Waals surface area contributed by atoms with Crippen LogP contribution in [0.15, 0.2) is 0 Å². The van der Waals surface area contributed by atoms with E-state index in [9.17, 15) is 24.2 Å². The molecule has 0 aromatic heterocycles. The summed E-state index contributed by atoms with van der Waals surface area (Å²) >= 11 is 0. The summed E-state index contributed by atoms with van der Waals surface area (Å²) in [5.41, 5.74) is -1.00. The first-order valence-corrected chi connectivity index (χ1v) is 9.95. The van der Waals surface area contributed by atoms with Crippen molar-refractivity contribution in [1.82, 2.24) is 10.6 Å². The van der Waals surface area contributed by atoms with Gasteiger partial charge in [0.2, 0.25) is 11.8 Å². The number of carbonyl (C=O) groups excluding carboxylic acids is 2. The molecule has 0 heterocycles. The summed E-state index contributed by atoms with van der Waals surface area (Å²) in [5, 5.41) is 15.3. The van der Waals surface area contributed by atoms with Gasteiger partial charge >= 0.3 is 7.82 Å². The minimum Gasteiger partial charge on any atom is -0.383 e. The van der Waals surface area contributed by atoms with Crippen LogP contribution in [0.2, 0.25) is 0 Å². The van der Waals surface area contributed by atoms with Crippen molar-refractivity contribution in [3.05, 3.63) is 0 Å². The van der Waals surface area contributed by atoms with E-state index in [-0.39, 0.29) is 30.9 Å². The molecule has 2 amide bonds. The number of hydrogen-bond acceptors (Lipinski definition) is 6. The number of aliphatic hydroxyl groups excluding tert-OH is 1. The molecule has 0 aliphatic heterocycles. The second-order valence-electron chi connectivity index (χ2n) is 8.02. The number of phosphoric acid groups is 1. The van der Waals surface area contributed by atoms with Gasteiger partial charge in [-0.15, -0.1) is 0 Å². The van der Waals surface area contributed by atoms with Gasteiger partial charge in [0.05, 0.1) is 6.61 Å². The van der Waals surface area contributed by atoms with Crippen molar-refractivity contribution in [3.8, 4) is 0 Å². The second-order valence-corrected chi connectivity index (χ2v) is 9.58. The molecule has 0 saturated carbocycles. The van der Waals surface area contributed by atoms with Crippen molar-refractivity contribution in [3.63, 3.8) is 0 Å². The third-order valence-corrected chi connectivity index (χ3v) is 4.58. The van der Waals surface area contributed by atoms with E-state index in [4.69, 9.17) is 4.52 Å². The highest BCUT2D eigenvalue weighted by Gasteiger charge is 2.36. The quantitative estimate of drug-likeness (QED) is 0.386. The summed E-state index contributed by atoms with van der Waals surface area (Å²) in [6.45, 7) is 9.51. The predicted molar refractivity (Wildman–Crippen MR) is 97.3 cm³/mol. The zero-order valence-electron chi connectivity index (χ0n) is 16.5. The van der Waals surface area contributed by atoms with Crippen LogP contribution in [-0.4, -0.2) is 54.7 Å². The largest absolute Gasteiger partial charge is 0.471 e. The van der Waals surface area contributed by atoms with Gasteiger partial charge in [-0.3, -0.25) is 18.6 Å². The van der Waals surface area contributed by atoms with Gasteiger partial charge in [0.15, 0.2) is 0 Å². The van der Waals surface area contributed by atoms with Crippen molar-refractivity contribution in [2.75, 3.05) is 26.8 Å². The Labute approximate surface area is 155 Å². The highest BCUT2D eigenvalue weighted by atomic mass is 31.2. The summed E-state index contributed by atoms with van der Waals surface area (Å²) in [6.07, 6.45) is -0.549. The van der Waals surface area contributed by atoms with Crippen molar-refractivity contribution in [1.29, 1.82) is 0 Å². The van der Waals surface area contributed by atoms with Gasteiger partial charge in [-0.1, -0.05) is 34.6 Å². The van der Waals surface area contributed by atoms with E-state index in [1.54, 1.807) is 0 Å². The third kappa shape index (κ3) is 10.9. The maximum atomic E-state index is 12.0. The molecule has 1 unspecified atom stereocenters. The van der Waals surface area contributed by atoms with Crippen LogP contribution in [0.1, 0.15) is 47.5 Å². The minimum absolute atomic E-state index is 0.0742. The third-order valence-electron chi connectivity index (χ3n) is 3.67. The van der Waals surface area contributed by atoms with E-state index in [0.29, 0.717) is 6.54 Å². The van der Waals surface area contributed by atoms with Gasteiger partial charge in [0, 0.05) is 32.0 Å². The van der Waals surface area contributed by atoms with Gasteiger partial charge in [-0.25, -0.2) is 4.57 Å². The fourth-order valence-electron chi connectivity index (χ4n) is 1.80. The molecule has 0 rings (SSSR count). The minimum atomic E-state index is -4.19. The molecule has 0 spiro atoms. The highest BCUT2D eigenvalue weighted by molar-refractivity contribution is 7.47. The predicted octanol–water partition coefficient (Wildman–Crippen LogP) is 1.20. The number of nitrogens with one attached hydrogen (secondary N) is 2. The van der Waals surface area contributed by atoms with Crippen molar-refractivity contribution >= 4 is 19.6 Å². The summed E-state index contributed by atoms with van der Waals surface area (Å²) in [7, 11) is -3.18. The van der Waals surface area contributed by atoms with Crippen LogP contribution in [-0.2, 0) is 23.2 Å². The van der Waals surface area contributed by atoms with Crippen LogP contribution in [0.25, 0.3) is 0 Å². The molecular formula is C16H33N2O7P. The molecule has 2 atom stereocenters. The first-order valence-electron chi connectivity index (χ1n) is 8.46. The second kappa shape index (κ2) is 10.4. The number of amides is 2. The molecule has 0 fully saturated rings. The van der Waals surface area contributed by atoms with E-state index < -0.39 is 25.2 Å². The first-order chi connectivity index (χ1) is 11.7. The SMILES string of the molecule is COP(=O)(O)OCC(C)(C)[C@@H](O)C(=O)NCCC(=O)NCCC(C)(C)C. The molecule has 10 heteroatoms. The summed E-state index contributed by atoms with van der Waals surface area (Å²) in [6, 6.07) is 0. The van der Waals surface area contributed by atoms with E-state index in [0.717, 1.165) is 13.5 Å². The van der Waals surface area contributed by atoms with Gasteiger partial charge in [0.1, 0.15) is 6.10 Å². The smallest absolute Gasteiger partial charge is 0.383 e. The Hall–Kier alpha value is -0.990. The molecule has 0 aromatic carbocycles. The Morgan fingerprint density at radius 3 is 2.19 bits per heavy atom. The van der Waals surface area contributed by atoms with E-state index in [2.05, 4.69) is 35.9 Å². The Balaban J connectivity index is 4.25. The van der Waals surface area contributed by atoms with E-state index >= 15 is 0 Å². The monoisotopic (exact) mass is 396 g/mol. The molecule has 0 aliphatic rings. The lowest BCUT2D eigenvalue weighted by atomic mass is 9.87. The number of hydrogen-bond donors (Lipinski definition) is 4. The van der Waals surface area contributed by atoms with Crippen LogP contribution in [0.4, 0.5) is 0 Å². The topological polar surface area (TPSA) is 134 Å². The molecule has 26 heavy (non-hydrogen) atoms. The van der Waals surface area contributed by atoms with Crippen LogP contribution in [0.5, 0.6) is 0 Å². The Morgan fingerprint density at radius 1 is 1.12 bits per heavy atom. The molecule has 154 valence electrons. The van der Waals surface area contributed by atoms with Gasteiger partial charge in [-0.05, 0) is 11.8 Å². The Kier molecular flexibility index (Phi) is 9.98. The van der Waals surface area contributed by atoms with E-state index in [1.807, 2.05) is 0 Å². The number of rotatable bonds is 11. The Morgan fingerprint density at radius 2 is 1.69 bits per heavy atom. The highest BCUT2D eigenvalue weighted by Crippen LogP contribution is 2.43. The number of phosphoric ester groups is 1. The maximum Gasteiger partial charge on any atom is 0.471 e. The molecule has 9 nitrogen and oxygen atoms in total. The maximum absolute atomic E-state index is 12.0. The first kappa shape index (κ1) is 25.0. The number of carbonyl (C=O) groups is 2. The zero-order chi connectivity index (χ0) is 20.6. The van der Waals surface area contributed by atoms with Crippen LogP contribution < -0.4 is 10.6 Å². The summed E-state index contributed by atoms with van der Waals surface area (Å²) in [5.74, 6) is -0.876. The van der Waals surface area contributed by atoms with Crippen LogP contribution in [0, 0.1) is 10.8 Å². The fraction of sp³-hybridized carbons (Fsp3) is 0.875. The number of aliphatic hydroxyl groups is 1. The normalized spacial score (nSPS) is 15.8. The van der Waals surface area contributed by atoms with Crippen molar-refractivity contribution in [2.24, 2.45) is 10.8 Å².